The Bertz CT molecular complexity index is 4070. The maximum absolute atomic E-state index is 2.50. The van der Waals surface area contributed by atoms with Crippen molar-refractivity contribution in [3.8, 4) is 0 Å². The lowest BCUT2D eigenvalue weighted by Gasteiger charge is -2.25. The molecular weight excluding hydrogens is 1690 g/mol. The first-order chi connectivity index (χ1) is 58.1. The zero-order chi connectivity index (χ0) is 85.6. The molecule has 10 aromatic carbocycles. The van der Waals surface area contributed by atoms with Gasteiger partial charge in [-0.2, -0.15) is 0 Å². The van der Waals surface area contributed by atoms with E-state index in [0.717, 1.165) is 137 Å². The predicted molar refractivity (Wildman–Crippen MR) is 562 cm³/mol. The number of anilines is 10. The molecule has 0 fully saturated rings. The van der Waals surface area contributed by atoms with Gasteiger partial charge in [0.2, 0.25) is 0 Å². The van der Waals surface area contributed by atoms with Crippen molar-refractivity contribution in [1.82, 2.24) is 0 Å². The summed E-state index contributed by atoms with van der Waals surface area (Å²) in [6.45, 7) is 64.6. The normalized spacial score (nSPS) is 10.7. The summed E-state index contributed by atoms with van der Waals surface area (Å²) in [6.07, 6.45) is 10.4. The molecule has 122 heavy (non-hydrogen) atoms. The van der Waals surface area contributed by atoms with E-state index in [-0.39, 0.29) is 62.8 Å². The molecule has 10 rings (SSSR count). The van der Waals surface area contributed by atoms with E-state index in [4.69, 9.17) is 0 Å². The van der Waals surface area contributed by atoms with Gasteiger partial charge in [-0.05, 0) is 333 Å². The van der Waals surface area contributed by atoms with Crippen LogP contribution in [0.15, 0.2) is 261 Å². The first-order valence-electron chi connectivity index (χ1n) is 45.7. The van der Waals surface area contributed by atoms with Crippen molar-refractivity contribution in [2.24, 2.45) is 0 Å². The highest BCUT2D eigenvalue weighted by Crippen LogP contribution is 2.39. The number of rotatable bonds is 43. The van der Waals surface area contributed by atoms with Crippen LogP contribution in [0.3, 0.4) is 0 Å². The Hall–Kier alpha value is -9.14. The highest BCUT2D eigenvalue weighted by Gasteiger charge is 2.22. The summed E-state index contributed by atoms with van der Waals surface area (Å²) in [4.78, 5) is 24.0. The van der Waals surface area contributed by atoms with E-state index in [2.05, 4.69) is 454 Å². The second-order valence-corrected chi connectivity index (χ2v) is 30.3. The van der Waals surface area contributed by atoms with E-state index < -0.39 is 0 Å². The fourth-order valence-electron chi connectivity index (χ4n) is 16.7. The molecule has 0 saturated heterocycles. The molecule has 0 radical (unpaired) electrons. The zero-order valence-corrected chi connectivity index (χ0v) is 83.2. The lowest BCUT2D eigenvalue weighted by molar-refractivity contribution is 0.863. The van der Waals surface area contributed by atoms with Crippen molar-refractivity contribution in [3.05, 3.63) is 317 Å². The topological polar surface area (TPSA) is 32.4 Å². The third-order valence-corrected chi connectivity index (χ3v) is 24.2. The second kappa shape index (κ2) is 55.2. The Morgan fingerprint density at radius 1 is 0.197 bits per heavy atom. The Balaban J connectivity index is 0.000000336. The summed E-state index contributed by atoms with van der Waals surface area (Å²) in [6, 6.07) is 91.5. The molecule has 0 unspecified atom stereocenters. The van der Waals surface area contributed by atoms with Crippen LogP contribution in [0, 0.1) is 0 Å². The van der Waals surface area contributed by atoms with Crippen LogP contribution < -0.4 is 49.0 Å². The van der Waals surface area contributed by atoms with Crippen molar-refractivity contribution in [1.29, 1.82) is 0 Å². The minimum absolute atomic E-state index is 0. The molecule has 0 saturated carbocycles. The SMILES string of the molecule is Br.Br.Br.CCN(CC)c1ccc(C(=CC(c2ccc(N(CC)CC)cc2)c2ccc(N(CC)CC)cc2)c2ccc(N(CC)CC)cc2)cc1.CCN(CC)c1ccc(C(=CC(c2ccc(N(CC)CC)cc2)c2ccc(N(CC)CC)cc2)c2ccc(N(CC)CC)cc2)cc1.CCN(CC)c1ccc(C=CCc2ccc(N(CC)CC)cc2)cc1. The summed E-state index contributed by atoms with van der Waals surface area (Å²) < 4.78 is 0. The van der Waals surface area contributed by atoms with E-state index >= 15 is 0 Å². The molecule has 0 atom stereocenters. The lowest BCUT2D eigenvalue weighted by Crippen LogP contribution is -2.21. The van der Waals surface area contributed by atoms with Gasteiger partial charge in [0.1, 0.15) is 0 Å². The second-order valence-electron chi connectivity index (χ2n) is 30.3. The van der Waals surface area contributed by atoms with Gasteiger partial charge in [0, 0.05) is 200 Å². The van der Waals surface area contributed by atoms with Crippen molar-refractivity contribution in [3.63, 3.8) is 0 Å². The average Bonchev–Trinajstić information content (AvgIpc) is 0.798. The van der Waals surface area contributed by atoms with Gasteiger partial charge in [-0.15, -0.1) is 50.9 Å². The van der Waals surface area contributed by atoms with Crippen LogP contribution in [-0.2, 0) is 6.42 Å². The Kier molecular flexibility index (Phi) is 46.8. The number of allylic oxidation sites excluding steroid dienone is 3. The first kappa shape index (κ1) is 103. The summed E-state index contributed by atoms with van der Waals surface area (Å²) in [5, 5.41) is 0. The molecule has 0 heterocycles. The van der Waals surface area contributed by atoms with Crippen LogP contribution in [-0.4, -0.2) is 131 Å². The third kappa shape index (κ3) is 28.5. The van der Waals surface area contributed by atoms with Gasteiger partial charge in [-0.25, -0.2) is 0 Å². The van der Waals surface area contributed by atoms with Gasteiger partial charge in [0.15, 0.2) is 0 Å². The van der Waals surface area contributed by atoms with Gasteiger partial charge in [-0.1, -0.05) is 146 Å². The quantitative estimate of drug-likeness (QED) is 0.0369. The van der Waals surface area contributed by atoms with Gasteiger partial charge in [0.25, 0.3) is 0 Å². The monoisotopic (exact) mass is 1840 g/mol. The van der Waals surface area contributed by atoms with Crippen molar-refractivity contribution in [2.75, 3.05) is 180 Å². The van der Waals surface area contributed by atoms with E-state index in [1.165, 1.54) is 124 Å². The molecular formula is C109H151Br3N10. The summed E-state index contributed by atoms with van der Waals surface area (Å²) in [5.41, 5.74) is 28.1. The first-order valence-corrected chi connectivity index (χ1v) is 45.7. The Morgan fingerprint density at radius 3 is 0.508 bits per heavy atom. The Labute approximate surface area is 772 Å². The minimum Gasteiger partial charge on any atom is -0.372 e. The van der Waals surface area contributed by atoms with E-state index in [1.807, 2.05) is 0 Å². The predicted octanol–water partition coefficient (Wildman–Crippen LogP) is 28.0. The highest BCUT2D eigenvalue weighted by molar-refractivity contribution is 8.93. The van der Waals surface area contributed by atoms with Crippen LogP contribution in [0.5, 0.6) is 0 Å². The molecule has 0 N–H and O–H groups in total. The van der Waals surface area contributed by atoms with Gasteiger partial charge in [-0.3, -0.25) is 0 Å². The molecule has 0 aromatic heterocycles. The fourth-order valence-corrected chi connectivity index (χ4v) is 16.7. The summed E-state index contributed by atoms with van der Waals surface area (Å²) in [5.74, 6) is 0.179. The van der Waals surface area contributed by atoms with Gasteiger partial charge in [0.05, 0.1) is 0 Å². The summed E-state index contributed by atoms with van der Waals surface area (Å²) in [7, 11) is 0. The standard InChI is InChI=1S/2C43H58N4.C23H32N2.3BrH/c2*1-9-44(10-2)38-25-17-34(18-26-38)42(35-19-27-39(28-20-35)45(11-3)12-4)33-43(36-21-29-40(30-22-36)46(13-5)14-6)37-23-31-41(32-24-37)47(15-7)16-8;1-5-24(6-2)22-16-12-20(13-17-22)10-9-11-21-14-18-23(19-15-21)25(7-3)8-4;;;/h2*17-33,42H,9-16H2,1-8H3;9-10,12-19H,5-8,11H2,1-4H3;3*1H. The molecule has 10 aromatic rings. The van der Waals surface area contributed by atoms with Crippen LogP contribution in [0.2, 0.25) is 0 Å². The molecule has 0 bridgehead atoms. The number of hydrogen-bond acceptors (Lipinski definition) is 10. The maximum atomic E-state index is 2.50. The molecule has 0 aliphatic rings. The maximum Gasteiger partial charge on any atom is 0.0366 e. The lowest BCUT2D eigenvalue weighted by atomic mass is 9.86. The minimum atomic E-state index is 0. The molecule has 0 aliphatic heterocycles. The van der Waals surface area contributed by atoms with E-state index in [9.17, 15) is 0 Å². The zero-order valence-electron chi connectivity index (χ0n) is 78.1. The molecule has 0 spiro atoms. The molecule has 10 nitrogen and oxygen atoms in total. The van der Waals surface area contributed by atoms with Crippen molar-refractivity contribution in [2.45, 2.75) is 157 Å². The smallest absolute Gasteiger partial charge is 0.0366 e. The van der Waals surface area contributed by atoms with E-state index in [0.29, 0.717) is 0 Å². The van der Waals surface area contributed by atoms with Crippen molar-refractivity contribution < 1.29 is 0 Å². The summed E-state index contributed by atoms with van der Waals surface area (Å²) >= 11 is 0. The van der Waals surface area contributed by atoms with Crippen LogP contribution in [0.25, 0.3) is 17.2 Å². The van der Waals surface area contributed by atoms with Gasteiger partial charge >= 0.3 is 0 Å². The van der Waals surface area contributed by atoms with Crippen LogP contribution >= 0.6 is 50.9 Å². The highest BCUT2D eigenvalue weighted by atomic mass is 79.9. The number of halogens is 3. The average molecular weight is 1840 g/mol. The molecule has 13 heteroatoms. The molecule has 0 aliphatic carbocycles. The third-order valence-electron chi connectivity index (χ3n) is 24.2. The molecule has 0 amide bonds. The number of benzene rings is 10. The van der Waals surface area contributed by atoms with Crippen molar-refractivity contribution >= 4 is 125 Å². The number of hydrogen-bond donors (Lipinski definition) is 0. The van der Waals surface area contributed by atoms with Crippen LogP contribution in [0.1, 0.15) is 206 Å². The van der Waals surface area contributed by atoms with E-state index in [1.54, 1.807) is 0 Å². The van der Waals surface area contributed by atoms with Crippen LogP contribution in [0.4, 0.5) is 56.9 Å². The Morgan fingerprint density at radius 2 is 0.344 bits per heavy atom. The fraction of sp³-hybridized carbons (Fsp3) is 0.394. The molecule has 658 valence electrons. The number of nitrogens with zero attached hydrogens (tertiary/aromatic N) is 10. The largest absolute Gasteiger partial charge is 0.372 e. The van der Waals surface area contributed by atoms with Gasteiger partial charge < -0.3 is 49.0 Å².